The highest BCUT2D eigenvalue weighted by atomic mass is 16.2. The van der Waals surface area contributed by atoms with Gasteiger partial charge in [-0.2, -0.15) is 5.10 Å². The van der Waals surface area contributed by atoms with E-state index in [1.807, 2.05) is 54.9 Å². The van der Waals surface area contributed by atoms with Crippen LogP contribution in [0.3, 0.4) is 0 Å². The van der Waals surface area contributed by atoms with E-state index in [2.05, 4.69) is 26.1 Å². The lowest BCUT2D eigenvalue weighted by molar-refractivity contribution is -0.137. The molecule has 2 aromatic heterocycles. The number of hydrogen-bond acceptors (Lipinski definition) is 8. The molecule has 5 heterocycles. The van der Waals surface area contributed by atoms with Gasteiger partial charge < -0.3 is 15.5 Å². The van der Waals surface area contributed by atoms with Crippen LogP contribution in [0.5, 0.6) is 0 Å². The number of likely N-dealkylation sites (tertiary alicyclic amines) is 1. The molecule has 1 saturated carbocycles. The molecule has 50 heavy (non-hydrogen) atoms. The molecule has 4 atom stereocenters. The molecule has 8 rings (SSSR count). The SMILES string of the molecule is NC(=O)C(Cc1ccc2c(c1)CN(C1CCC(=O)NC1=O)C2=O)C1CCCC(N2CCC(n3cc(-c4cnc5ccccc5n4)cn3)CC2)C1. The Bertz CT molecular complexity index is 1970. The summed E-state index contributed by atoms with van der Waals surface area (Å²) in [5.74, 6) is -1.30. The van der Waals surface area contributed by atoms with E-state index >= 15 is 0 Å². The van der Waals surface area contributed by atoms with Crippen molar-refractivity contribution >= 4 is 34.7 Å². The van der Waals surface area contributed by atoms with Gasteiger partial charge in [-0.05, 0) is 80.2 Å². The molecule has 3 aliphatic heterocycles. The van der Waals surface area contributed by atoms with Crippen molar-refractivity contribution in [2.75, 3.05) is 13.1 Å². The number of rotatable bonds is 8. The molecule has 1 aliphatic carbocycles. The van der Waals surface area contributed by atoms with Crippen LogP contribution in [-0.2, 0) is 27.3 Å². The number of carbonyl (C=O) groups is 4. The fourth-order valence-electron chi connectivity index (χ4n) is 8.69. The van der Waals surface area contributed by atoms with Crippen molar-refractivity contribution in [3.05, 3.63) is 77.7 Å². The first-order valence-electron chi connectivity index (χ1n) is 17.9. The topological polar surface area (TPSA) is 156 Å². The average Bonchev–Trinajstić information content (AvgIpc) is 3.75. The van der Waals surface area contributed by atoms with E-state index in [0.29, 0.717) is 37.0 Å². The van der Waals surface area contributed by atoms with E-state index in [9.17, 15) is 19.2 Å². The lowest BCUT2D eigenvalue weighted by Crippen LogP contribution is -2.52. The first-order chi connectivity index (χ1) is 24.3. The number of nitrogens with one attached hydrogen (secondary N) is 1. The maximum atomic E-state index is 13.2. The molecule has 0 spiro atoms. The Labute approximate surface area is 290 Å². The summed E-state index contributed by atoms with van der Waals surface area (Å²) in [5, 5.41) is 7.07. The van der Waals surface area contributed by atoms with Crippen LogP contribution in [0.1, 0.15) is 78.9 Å². The van der Waals surface area contributed by atoms with Crippen molar-refractivity contribution < 1.29 is 19.2 Å². The van der Waals surface area contributed by atoms with Gasteiger partial charge >= 0.3 is 0 Å². The minimum Gasteiger partial charge on any atom is -0.369 e. The minimum atomic E-state index is -0.652. The van der Waals surface area contributed by atoms with E-state index < -0.39 is 11.9 Å². The molecule has 3 fully saturated rings. The third-order valence-corrected chi connectivity index (χ3v) is 11.4. The van der Waals surface area contributed by atoms with Gasteiger partial charge in [0, 0.05) is 55.3 Å². The fourth-order valence-corrected chi connectivity index (χ4v) is 8.69. The van der Waals surface area contributed by atoms with Gasteiger partial charge in [-0.15, -0.1) is 0 Å². The number of imide groups is 1. The van der Waals surface area contributed by atoms with Crippen LogP contribution in [0.15, 0.2) is 61.1 Å². The first-order valence-corrected chi connectivity index (χ1v) is 17.9. The Balaban J connectivity index is 0.883. The molecule has 2 aromatic carbocycles. The van der Waals surface area contributed by atoms with Crippen LogP contribution < -0.4 is 11.1 Å². The highest BCUT2D eigenvalue weighted by molar-refractivity contribution is 6.05. The van der Waals surface area contributed by atoms with Gasteiger partial charge in [0.05, 0.1) is 35.2 Å². The summed E-state index contributed by atoms with van der Waals surface area (Å²) >= 11 is 0. The number of aromatic nitrogens is 4. The van der Waals surface area contributed by atoms with Crippen molar-refractivity contribution in [3.8, 4) is 11.3 Å². The first kappa shape index (κ1) is 32.2. The molecule has 2 saturated heterocycles. The summed E-state index contributed by atoms with van der Waals surface area (Å²) in [6.45, 7) is 2.28. The monoisotopic (exact) mass is 674 g/mol. The van der Waals surface area contributed by atoms with Gasteiger partial charge in [-0.3, -0.25) is 34.2 Å². The summed E-state index contributed by atoms with van der Waals surface area (Å²) in [7, 11) is 0. The number of nitrogens with zero attached hydrogens (tertiary/aromatic N) is 6. The number of hydrogen-bond donors (Lipinski definition) is 2. The van der Waals surface area contributed by atoms with Gasteiger partial charge in [0.15, 0.2) is 0 Å². The third-order valence-electron chi connectivity index (χ3n) is 11.4. The maximum Gasteiger partial charge on any atom is 0.255 e. The minimum absolute atomic E-state index is 0.190. The normalized spacial score (nSPS) is 24.0. The van der Waals surface area contributed by atoms with E-state index in [1.165, 1.54) is 0 Å². The summed E-state index contributed by atoms with van der Waals surface area (Å²) in [6, 6.07) is 13.7. The number of amides is 4. The summed E-state index contributed by atoms with van der Waals surface area (Å²) < 4.78 is 2.09. The standard InChI is InChI=1S/C38H42N8O4/c39-36(48)30(17-23-8-9-29-25(16-23)21-45(38(29)50)34-10-11-35(47)43-37(34)49)24-4-3-5-28(18-24)44-14-12-27(13-15-44)46-22-26(19-41-46)33-20-40-31-6-1-2-7-32(31)42-33/h1-2,6-9,16,19-20,22,24,27-28,30,34H,3-5,10-15,17-18,21H2,(H2,39,48)(H,43,47,49). The number of para-hydroxylation sites is 2. The zero-order chi connectivity index (χ0) is 34.4. The Morgan fingerprint density at radius 3 is 2.58 bits per heavy atom. The Hall–Kier alpha value is -4.97. The molecule has 4 aliphatic rings. The molecule has 3 N–H and O–H groups in total. The molecule has 4 amide bonds. The fraction of sp³-hybridized carbons (Fsp3) is 0.447. The van der Waals surface area contributed by atoms with Crippen LogP contribution in [0.4, 0.5) is 0 Å². The van der Waals surface area contributed by atoms with Crippen LogP contribution in [0.25, 0.3) is 22.3 Å². The van der Waals surface area contributed by atoms with Crippen molar-refractivity contribution in [1.29, 1.82) is 0 Å². The second-order valence-electron chi connectivity index (χ2n) is 14.4. The third kappa shape index (κ3) is 6.28. The molecule has 4 unspecified atom stereocenters. The second kappa shape index (κ2) is 13.4. The maximum absolute atomic E-state index is 13.2. The zero-order valence-electron chi connectivity index (χ0n) is 28.0. The van der Waals surface area contributed by atoms with E-state index in [1.54, 1.807) is 4.90 Å². The van der Waals surface area contributed by atoms with E-state index in [-0.39, 0.29) is 36.0 Å². The number of fused-ring (bicyclic) bond motifs is 2. The number of carbonyl (C=O) groups excluding carboxylic acids is 4. The number of benzene rings is 2. The second-order valence-corrected chi connectivity index (χ2v) is 14.4. The van der Waals surface area contributed by atoms with Crippen molar-refractivity contribution in [1.82, 2.24) is 34.9 Å². The zero-order valence-corrected chi connectivity index (χ0v) is 28.0. The molecular formula is C38H42N8O4. The summed E-state index contributed by atoms with van der Waals surface area (Å²) in [5.41, 5.74) is 12.0. The highest BCUT2D eigenvalue weighted by Gasteiger charge is 2.40. The van der Waals surface area contributed by atoms with Crippen LogP contribution in [0, 0.1) is 11.8 Å². The lowest BCUT2D eigenvalue weighted by Gasteiger charge is -2.42. The summed E-state index contributed by atoms with van der Waals surface area (Å²) in [4.78, 5) is 63.7. The quantitative estimate of drug-likeness (QED) is 0.268. The van der Waals surface area contributed by atoms with Gasteiger partial charge in [0.1, 0.15) is 6.04 Å². The van der Waals surface area contributed by atoms with Crippen molar-refractivity contribution in [2.24, 2.45) is 17.6 Å². The Morgan fingerprint density at radius 1 is 0.960 bits per heavy atom. The van der Waals surface area contributed by atoms with Crippen molar-refractivity contribution in [3.63, 3.8) is 0 Å². The van der Waals surface area contributed by atoms with Gasteiger partial charge in [-0.25, -0.2) is 4.98 Å². The molecule has 4 aromatic rings. The van der Waals surface area contributed by atoms with Crippen molar-refractivity contribution in [2.45, 2.75) is 82.5 Å². The molecule has 12 nitrogen and oxygen atoms in total. The largest absolute Gasteiger partial charge is 0.369 e. The Kier molecular flexibility index (Phi) is 8.64. The molecule has 0 radical (unpaired) electrons. The number of primary amides is 1. The predicted molar refractivity (Wildman–Crippen MR) is 185 cm³/mol. The molecular weight excluding hydrogens is 632 g/mol. The van der Waals surface area contributed by atoms with Crippen LogP contribution in [0.2, 0.25) is 0 Å². The van der Waals surface area contributed by atoms with Crippen LogP contribution in [-0.4, -0.2) is 78.4 Å². The van der Waals surface area contributed by atoms with Gasteiger partial charge in [0.2, 0.25) is 17.7 Å². The van der Waals surface area contributed by atoms with Crippen LogP contribution >= 0.6 is 0 Å². The van der Waals surface area contributed by atoms with Gasteiger partial charge in [-0.1, -0.05) is 30.7 Å². The lowest BCUT2D eigenvalue weighted by atomic mass is 9.74. The van der Waals surface area contributed by atoms with E-state index in [4.69, 9.17) is 15.8 Å². The molecule has 258 valence electrons. The number of piperidine rings is 2. The average molecular weight is 675 g/mol. The number of nitrogens with two attached hydrogens (primary N) is 1. The predicted octanol–water partition coefficient (Wildman–Crippen LogP) is 3.79. The molecule has 12 heteroatoms. The van der Waals surface area contributed by atoms with Gasteiger partial charge in [0.25, 0.3) is 5.91 Å². The van der Waals surface area contributed by atoms with E-state index in [0.717, 1.165) is 85.0 Å². The summed E-state index contributed by atoms with van der Waals surface area (Å²) in [6.07, 6.45) is 13.0. The highest BCUT2D eigenvalue weighted by Crippen LogP contribution is 2.37. The Morgan fingerprint density at radius 2 is 1.78 bits per heavy atom. The molecule has 0 bridgehead atoms. The smallest absolute Gasteiger partial charge is 0.255 e.